The molecule has 136 valence electrons. The largest absolute Gasteiger partial charge is 0.342 e. The molecule has 3 rings (SSSR count). The van der Waals surface area contributed by atoms with Crippen LogP contribution in [0.5, 0.6) is 0 Å². The second kappa shape index (κ2) is 7.51. The van der Waals surface area contributed by atoms with Crippen molar-refractivity contribution in [3.63, 3.8) is 0 Å². The highest BCUT2D eigenvalue weighted by Gasteiger charge is 2.22. The number of anilines is 2. The molecule has 2 amide bonds. The zero-order valence-electron chi connectivity index (χ0n) is 15.3. The van der Waals surface area contributed by atoms with Crippen molar-refractivity contribution >= 4 is 23.8 Å². The fraction of sp³-hybridized carbons (Fsp3) is 0.368. The van der Waals surface area contributed by atoms with Crippen molar-refractivity contribution in [2.45, 2.75) is 20.8 Å². The molecule has 1 fully saturated rings. The van der Waals surface area contributed by atoms with Crippen LogP contribution >= 0.6 is 0 Å². The topological polar surface area (TPSA) is 78.4 Å². The number of rotatable bonds is 4. The van der Waals surface area contributed by atoms with Crippen molar-refractivity contribution in [1.82, 2.24) is 19.8 Å². The summed E-state index contributed by atoms with van der Waals surface area (Å²) < 4.78 is 0. The van der Waals surface area contributed by atoms with Crippen molar-refractivity contribution < 1.29 is 9.59 Å². The Balaban J connectivity index is 1.69. The van der Waals surface area contributed by atoms with Gasteiger partial charge in [0.1, 0.15) is 11.5 Å². The maximum atomic E-state index is 12.5. The molecule has 7 heteroatoms. The smallest absolute Gasteiger partial charge is 0.274 e. The first-order chi connectivity index (χ1) is 12.5. The lowest BCUT2D eigenvalue weighted by molar-refractivity contribution is -0.119. The molecule has 7 nitrogen and oxygen atoms in total. The van der Waals surface area contributed by atoms with Gasteiger partial charge in [-0.1, -0.05) is 17.7 Å². The number of benzene rings is 1. The number of carbonyl (C=O) groups excluding carboxylic acids is 2. The van der Waals surface area contributed by atoms with Gasteiger partial charge in [0, 0.05) is 31.9 Å². The van der Waals surface area contributed by atoms with Gasteiger partial charge in [-0.25, -0.2) is 9.97 Å². The van der Waals surface area contributed by atoms with E-state index in [-0.39, 0.29) is 5.91 Å². The number of hydrogen-bond acceptors (Lipinski definition) is 5. The third-order valence-electron chi connectivity index (χ3n) is 4.55. The Kier molecular flexibility index (Phi) is 5.16. The van der Waals surface area contributed by atoms with E-state index >= 15 is 0 Å². The molecule has 1 aliphatic rings. The summed E-state index contributed by atoms with van der Waals surface area (Å²) in [5, 5.41) is 3.28. The molecule has 0 atom stereocenters. The van der Waals surface area contributed by atoms with E-state index in [0.29, 0.717) is 37.7 Å². The molecular formula is C19H23N5O2. The molecule has 1 aromatic carbocycles. The molecular weight excluding hydrogens is 330 g/mol. The van der Waals surface area contributed by atoms with Crippen molar-refractivity contribution in [3.8, 4) is 0 Å². The van der Waals surface area contributed by atoms with Gasteiger partial charge >= 0.3 is 0 Å². The van der Waals surface area contributed by atoms with Gasteiger partial charge in [-0.2, -0.15) is 0 Å². The maximum Gasteiger partial charge on any atom is 0.274 e. The van der Waals surface area contributed by atoms with E-state index in [4.69, 9.17) is 0 Å². The van der Waals surface area contributed by atoms with Gasteiger partial charge in [-0.05, 0) is 31.9 Å². The number of carbonyl (C=O) groups is 2. The highest BCUT2D eigenvalue weighted by atomic mass is 16.2. The normalized spacial score (nSPS) is 14.3. The molecule has 0 saturated carbocycles. The zero-order chi connectivity index (χ0) is 18.7. The number of nitrogens with zero attached hydrogens (tertiary/aromatic N) is 4. The summed E-state index contributed by atoms with van der Waals surface area (Å²) >= 11 is 0. The quantitative estimate of drug-likeness (QED) is 0.851. The Morgan fingerprint density at radius 1 is 1.04 bits per heavy atom. The van der Waals surface area contributed by atoms with Gasteiger partial charge in [0.05, 0.1) is 12.4 Å². The lowest BCUT2D eigenvalue weighted by atomic mass is 10.1. The summed E-state index contributed by atoms with van der Waals surface area (Å²) in [7, 11) is 0. The summed E-state index contributed by atoms with van der Waals surface area (Å²) in [6.07, 6.45) is 3.89. The summed E-state index contributed by atoms with van der Waals surface area (Å²) in [5.74, 6) is 0.444. The lowest BCUT2D eigenvalue weighted by Crippen LogP contribution is -2.48. The Hall–Kier alpha value is -2.96. The van der Waals surface area contributed by atoms with Crippen LogP contribution in [0.3, 0.4) is 0 Å². The summed E-state index contributed by atoms with van der Waals surface area (Å²) in [6, 6.07) is 4.22. The molecule has 26 heavy (non-hydrogen) atoms. The third-order valence-corrected chi connectivity index (χ3v) is 4.55. The van der Waals surface area contributed by atoms with E-state index in [1.54, 1.807) is 16.0 Å². The molecule has 0 spiro atoms. The Morgan fingerprint density at radius 3 is 2.23 bits per heavy atom. The van der Waals surface area contributed by atoms with Crippen LogP contribution in [0.4, 0.5) is 11.5 Å². The average molecular weight is 353 g/mol. The van der Waals surface area contributed by atoms with Gasteiger partial charge in [-0.3, -0.25) is 9.59 Å². The zero-order valence-corrected chi connectivity index (χ0v) is 15.3. The number of piperazine rings is 1. The molecule has 1 aromatic heterocycles. The Labute approximate surface area is 153 Å². The van der Waals surface area contributed by atoms with Gasteiger partial charge in [0.2, 0.25) is 6.41 Å². The third kappa shape index (κ3) is 3.82. The van der Waals surface area contributed by atoms with Crippen LogP contribution in [0.1, 0.15) is 27.2 Å². The first-order valence-corrected chi connectivity index (χ1v) is 8.63. The standard InChI is InChI=1S/C19H23N5O2/c1-13-8-14(2)18(15(3)9-13)22-17-11-20-16(10-21-17)19(26)24-6-4-23(12-25)5-7-24/h8-12H,4-7H2,1-3H3,(H,21,22). The molecule has 1 saturated heterocycles. The SMILES string of the molecule is Cc1cc(C)c(Nc2cnc(C(=O)N3CCN(C=O)CC3)cn2)c(C)c1. The first kappa shape index (κ1) is 17.8. The molecule has 0 bridgehead atoms. The number of aromatic nitrogens is 2. The minimum Gasteiger partial charge on any atom is -0.342 e. The number of hydrogen-bond donors (Lipinski definition) is 1. The summed E-state index contributed by atoms with van der Waals surface area (Å²) in [4.78, 5) is 35.2. The summed E-state index contributed by atoms with van der Waals surface area (Å²) in [6.45, 7) is 8.29. The number of aryl methyl sites for hydroxylation is 3. The van der Waals surface area contributed by atoms with Crippen molar-refractivity contribution in [2.24, 2.45) is 0 Å². The molecule has 2 aromatic rings. The minimum atomic E-state index is -0.155. The second-order valence-corrected chi connectivity index (χ2v) is 6.62. The molecule has 0 radical (unpaired) electrons. The molecule has 2 heterocycles. The first-order valence-electron chi connectivity index (χ1n) is 8.63. The van der Waals surface area contributed by atoms with Crippen LogP contribution in [0.15, 0.2) is 24.5 Å². The predicted molar refractivity (Wildman–Crippen MR) is 99.5 cm³/mol. The van der Waals surface area contributed by atoms with Gasteiger partial charge in [0.15, 0.2) is 0 Å². The Morgan fingerprint density at radius 2 is 1.69 bits per heavy atom. The predicted octanol–water partition coefficient (Wildman–Crippen LogP) is 2.06. The summed E-state index contributed by atoms with van der Waals surface area (Å²) in [5.41, 5.74) is 4.81. The molecule has 0 unspecified atom stereocenters. The van der Waals surface area contributed by atoms with Crippen molar-refractivity contribution in [1.29, 1.82) is 0 Å². The van der Waals surface area contributed by atoms with Crippen LogP contribution in [0.2, 0.25) is 0 Å². The monoisotopic (exact) mass is 353 g/mol. The fourth-order valence-electron chi connectivity index (χ4n) is 3.20. The van der Waals surface area contributed by atoms with Crippen molar-refractivity contribution in [3.05, 3.63) is 46.9 Å². The van der Waals surface area contributed by atoms with Gasteiger partial charge < -0.3 is 15.1 Å². The molecule has 1 N–H and O–H groups in total. The van der Waals surface area contributed by atoms with Gasteiger partial charge in [-0.15, -0.1) is 0 Å². The van der Waals surface area contributed by atoms with Crippen LogP contribution in [0.25, 0.3) is 0 Å². The molecule has 0 aliphatic carbocycles. The fourth-order valence-corrected chi connectivity index (χ4v) is 3.20. The highest BCUT2D eigenvalue weighted by Crippen LogP contribution is 2.24. The van der Waals surface area contributed by atoms with E-state index in [2.05, 4.69) is 34.3 Å². The van der Waals surface area contributed by atoms with E-state index in [1.165, 1.54) is 11.8 Å². The van der Waals surface area contributed by atoms with Crippen LogP contribution in [0, 0.1) is 20.8 Å². The Bertz CT molecular complexity index is 788. The number of amides is 2. The van der Waals surface area contributed by atoms with Gasteiger partial charge in [0.25, 0.3) is 5.91 Å². The van der Waals surface area contributed by atoms with E-state index in [9.17, 15) is 9.59 Å². The van der Waals surface area contributed by atoms with E-state index in [1.807, 2.05) is 13.8 Å². The molecule has 1 aliphatic heterocycles. The maximum absolute atomic E-state index is 12.5. The second-order valence-electron chi connectivity index (χ2n) is 6.62. The average Bonchev–Trinajstić information content (AvgIpc) is 2.64. The van der Waals surface area contributed by atoms with Crippen LogP contribution in [-0.4, -0.2) is 58.3 Å². The highest BCUT2D eigenvalue weighted by molar-refractivity contribution is 5.92. The lowest BCUT2D eigenvalue weighted by Gasteiger charge is -2.32. The number of nitrogens with one attached hydrogen (secondary N) is 1. The van der Waals surface area contributed by atoms with Crippen LogP contribution < -0.4 is 5.32 Å². The van der Waals surface area contributed by atoms with E-state index < -0.39 is 0 Å². The van der Waals surface area contributed by atoms with Crippen molar-refractivity contribution in [2.75, 3.05) is 31.5 Å². The van der Waals surface area contributed by atoms with E-state index in [0.717, 1.165) is 23.2 Å². The minimum absolute atomic E-state index is 0.155. The van der Waals surface area contributed by atoms with Crippen LogP contribution in [-0.2, 0) is 4.79 Å².